The van der Waals surface area contributed by atoms with Crippen molar-refractivity contribution in [3.63, 3.8) is 0 Å². The number of benzene rings is 1. The molecular formula is C21H26F3N7O. The van der Waals surface area contributed by atoms with E-state index in [0.717, 1.165) is 50.5 Å². The largest absolute Gasteiger partial charge is 0.425 e. The number of aromatic nitrogens is 6. The average molecular weight is 449 g/mol. The van der Waals surface area contributed by atoms with Crippen LogP contribution in [0.1, 0.15) is 59.5 Å². The van der Waals surface area contributed by atoms with Gasteiger partial charge in [-0.15, -0.1) is 20.4 Å². The molecule has 3 aromatic rings. The molecule has 1 aliphatic rings. The zero-order valence-corrected chi connectivity index (χ0v) is 18.1. The number of halogens is 3. The molecule has 0 radical (unpaired) electrons. The molecule has 8 nitrogen and oxygen atoms in total. The van der Waals surface area contributed by atoms with Crippen LogP contribution in [0.15, 0.2) is 22.6 Å². The second-order valence-corrected chi connectivity index (χ2v) is 8.23. The minimum atomic E-state index is -4.39. The number of nitrogens with zero attached hydrogens (tertiary/aromatic N) is 7. The quantitative estimate of drug-likeness (QED) is 0.545. The molecule has 0 aliphatic carbocycles. The highest BCUT2D eigenvalue weighted by atomic mass is 19.4. The summed E-state index contributed by atoms with van der Waals surface area (Å²) in [4.78, 5) is 3.71. The smallest absolute Gasteiger partial charge is 0.416 e. The number of hydrogen-bond donors (Lipinski definition) is 0. The number of tetrazole rings is 1. The Bertz CT molecular complexity index is 1040. The second kappa shape index (κ2) is 9.35. The molecule has 172 valence electrons. The molecule has 0 amide bonds. The lowest BCUT2D eigenvalue weighted by Crippen LogP contribution is -2.34. The predicted octanol–water partition coefficient (Wildman–Crippen LogP) is 3.55. The molecule has 11 heteroatoms. The first-order valence-electron chi connectivity index (χ1n) is 10.7. The molecular weight excluding hydrogens is 423 g/mol. The number of piperidine rings is 1. The van der Waals surface area contributed by atoms with Crippen LogP contribution in [0.2, 0.25) is 0 Å². The highest BCUT2D eigenvalue weighted by Crippen LogP contribution is 2.31. The summed E-state index contributed by atoms with van der Waals surface area (Å²) in [7, 11) is 0. The minimum Gasteiger partial charge on any atom is -0.425 e. The first-order valence-corrected chi connectivity index (χ1v) is 10.7. The van der Waals surface area contributed by atoms with Gasteiger partial charge in [0, 0.05) is 12.8 Å². The van der Waals surface area contributed by atoms with Crippen LogP contribution in [0.3, 0.4) is 0 Å². The topological polar surface area (TPSA) is 85.8 Å². The molecule has 1 saturated heterocycles. The van der Waals surface area contributed by atoms with Gasteiger partial charge in [-0.25, -0.2) is 0 Å². The van der Waals surface area contributed by atoms with E-state index in [9.17, 15) is 13.2 Å². The van der Waals surface area contributed by atoms with Gasteiger partial charge in [-0.3, -0.25) is 0 Å². The van der Waals surface area contributed by atoms with E-state index in [1.165, 1.54) is 10.9 Å². The van der Waals surface area contributed by atoms with Crippen molar-refractivity contribution in [2.45, 2.75) is 58.2 Å². The van der Waals surface area contributed by atoms with Gasteiger partial charge in [-0.2, -0.15) is 18.0 Å². The lowest BCUT2D eigenvalue weighted by Gasteiger charge is -2.30. The van der Waals surface area contributed by atoms with Crippen LogP contribution in [0.25, 0.3) is 0 Å². The zero-order chi connectivity index (χ0) is 22.7. The molecule has 0 spiro atoms. The molecule has 0 N–H and O–H groups in total. The number of rotatable bonds is 7. The fourth-order valence-electron chi connectivity index (χ4n) is 4.11. The normalized spacial score (nSPS) is 16.0. The van der Waals surface area contributed by atoms with E-state index in [4.69, 9.17) is 4.42 Å². The van der Waals surface area contributed by atoms with Gasteiger partial charge in [0.1, 0.15) is 0 Å². The lowest BCUT2D eigenvalue weighted by molar-refractivity contribution is -0.137. The molecule has 0 bridgehead atoms. The number of hydrogen-bond acceptors (Lipinski definition) is 7. The van der Waals surface area contributed by atoms with E-state index >= 15 is 0 Å². The molecule has 4 rings (SSSR count). The van der Waals surface area contributed by atoms with Crippen molar-refractivity contribution in [1.29, 1.82) is 0 Å². The number of alkyl halides is 3. The van der Waals surface area contributed by atoms with Crippen LogP contribution in [0, 0.1) is 13.8 Å². The molecule has 0 unspecified atom stereocenters. The fraction of sp³-hybridized carbons (Fsp3) is 0.571. The number of aryl methyl sites for hydroxylation is 3. The van der Waals surface area contributed by atoms with Crippen molar-refractivity contribution < 1.29 is 17.6 Å². The maximum atomic E-state index is 13.2. The van der Waals surface area contributed by atoms with Gasteiger partial charge in [0.05, 0.1) is 12.1 Å². The van der Waals surface area contributed by atoms with Crippen molar-refractivity contribution in [2.24, 2.45) is 0 Å². The highest BCUT2D eigenvalue weighted by molar-refractivity contribution is 5.33. The summed E-state index contributed by atoms with van der Waals surface area (Å²) in [5.41, 5.74) is 0.790. The molecule has 1 aromatic carbocycles. The predicted molar refractivity (Wildman–Crippen MR) is 109 cm³/mol. The van der Waals surface area contributed by atoms with Gasteiger partial charge in [-0.1, -0.05) is 6.07 Å². The van der Waals surface area contributed by atoms with Crippen molar-refractivity contribution in [3.8, 4) is 0 Å². The maximum absolute atomic E-state index is 13.2. The molecule has 1 fully saturated rings. The highest BCUT2D eigenvalue weighted by Gasteiger charge is 2.31. The Kier molecular flexibility index (Phi) is 6.54. The van der Waals surface area contributed by atoms with E-state index in [2.05, 4.69) is 30.5 Å². The van der Waals surface area contributed by atoms with Crippen molar-refractivity contribution >= 4 is 0 Å². The summed E-state index contributed by atoms with van der Waals surface area (Å²) in [6, 6.07) is 3.93. The van der Waals surface area contributed by atoms with Crippen molar-refractivity contribution in [3.05, 3.63) is 52.5 Å². The monoisotopic (exact) mass is 449 g/mol. The second-order valence-electron chi connectivity index (χ2n) is 8.23. The van der Waals surface area contributed by atoms with E-state index in [0.29, 0.717) is 35.5 Å². The number of likely N-dealkylation sites (tertiary alicyclic amines) is 1. The lowest BCUT2D eigenvalue weighted by atomic mass is 9.96. The van der Waals surface area contributed by atoms with E-state index in [1.54, 1.807) is 19.9 Å². The van der Waals surface area contributed by atoms with Gasteiger partial charge >= 0.3 is 6.18 Å². The maximum Gasteiger partial charge on any atom is 0.416 e. The van der Waals surface area contributed by atoms with Gasteiger partial charge in [0.2, 0.25) is 11.8 Å². The van der Waals surface area contributed by atoms with Gasteiger partial charge in [0.15, 0.2) is 5.82 Å². The van der Waals surface area contributed by atoms with Gasteiger partial charge in [0.25, 0.3) is 0 Å². The third kappa shape index (κ3) is 5.50. The SMILES string of the molecule is Cc1nnn(Cc2cc(C(F)(F)F)ccc2CCCN2CCC(c3nnc(C)o3)CC2)n1. The van der Waals surface area contributed by atoms with Crippen molar-refractivity contribution in [2.75, 3.05) is 19.6 Å². The van der Waals surface area contributed by atoms with E-state index < -0.39 is 11.7 Å². The Labute approximate surface area is 183 Å². The fourth-order valence-corrected chi connectivity index (χ4v) is 4.11. The summed E-state index contributed by atoms with van der Waals surface area (Å²) in [6.07, 6.45) is -0.925. The summed E-state index contributed by atoms with van der Waals surface area (Å²) in [6.45, 7) is 6.41. The standard InChI is InChI=1S/C21H26F3N7O/c1-14-25-29-31(28-14)13-18-12-19(21(22,23)24)6-5-16(18)4-3-9-30-10-7-17(8-11-30)20-27-26-15(2)32-20/h5-6,12,17H,3-4,7-11,13H2,1-2H3. The summed E-state index contributed by atoms with van der Waals surface area (Å²) in [5, 5.41) is 19.9. The Balaban J connectivity index is 1.35. The molecule has 0 atom stereocenters. The molecule has 3 heterocycles. The Morgan fingerprint density at radius 2 is 1.84 bits per heavy atom. The van der Waals surface area contributed by atoms with E-state index in [1.807, 2.05) is 0 Å². The summed E-state index contributed by atoms with van der Waals surface area (Å²) < 4.78 is 45.2. The van der Waals surface area contributed by atoms with Crippen LogP contribution in [0.4, 0.5) is 13.2 Å². The molecule has 0 saturated carbocycles. The van der Waals surface area contributed by atoms with E-state index in [-0.39, 0.29) is 6.54 Å². The first-order chi connectivity index (χ1) is 15.3. The van der Waals surface area contributed by atoms with Crippen LogP contribution >= 0.6 is 0 Å². The molecule has 2 aromatic heterocycles. The third-order valence-electron chi connectivity index (χ3n) is 5.80. The minimum absolute atomic E-state index is 0.162. The molecule has 32 heavy (non-hydrogen) atoms. The van der Waals surface area contributed by atoms with Gasteiger partial charge < -0.3 is 9.32 Å². The Morgan fingerprint density at radius 3 is 2.47 bits per heavy atom. The van der Waals surface area contributed by atoms with Crippen molar-refractivity contribution in [1.82, 2.24) is 35.3 Å². The van der Waals surface area contributed by atoms with Crippen LogP contribution in [0.5, 0.6) is 0 Å². The average Bonchev–Trinajstić information content (AvgIpc) is 3.37. The molecule has 1 aliphatic heterocycles. The van der Waals surface area contributed by atoms with Crippen LogP contribution in [-0.2, 0) is 19.1 Å². The van der Waals surface area contributed by atoms with Gasteiger partial charge in [-0.05, 0) is 80.7 Å². The Morgan fingerprint density at radius 1 is 1.06 bits per heavy atom. The van der Waals surface area contributed by atoms with Crippen LogP contribution in [-0.4, -0.2) is 54.9 Å². The van der Waals surface area contributed by atoms with Crippen LogP contribution < -0.4 is 0 Å². The Hall–Kier alpha value is -2.82. The summed E-state index contributed by atoms with van der Waals surface area (Å²) >= 11 is 0. The third-order valence-corrected chi connectivity index (χ3v) is 5.80. The summed E-state index contributed by atoms with van der Waals surface area (Å²) in [5.74, 6) is 2.09. The zero-order valence-electron chi connectivity index (χ0n) is 18.1. The first kappa shape index (κ1) is 22.4.